The van der Waals surface area contributed by atoms with E-state index in [1.807, 2.05) is 26.2 Å². The summed E-state index contributed by atoms with van der Waals surface area (Å²) in [5.41, 5.74) is 0. The van der Waals surface area contributed by atoms with Crippen molar-refractivity contribution in [1.29, 1.82) is 0 Å². The van der Waals surface area contributed by atoms with E-state index in [9.17, 15) is 14.4 Å². The summed E-state index contributed by atoms with van der Waals surface area (Å²) in [7, 11) is 4.04. The second-order valence-corrected chi connectivity index (χ2v) is 16.5. The van der Waals surface area contributed by atoms with E-state index in [4.69, 9.17) is 14.2 Å². The molecule has 0 aromatic rings. The number of nitrogens with zero attached hydrogens (tertiary/aromatic N) is 1. The fourth-order valence-electron chi connectivity index (χ4n) is 6.98. The molecule has 0 aliphatic heterocycles. The second kappa shape index (κ2) is 44.0. The van der Waals surface area contributed by atoms with Gasteiger partial charge in [0.05, 0.1) is 0 Å². The summed E-state index contributed by atoms with van der Waals surface area (Å²) >= 11 is 0. The largest absolute Gasteiger partial charge is 0.462 e. The first-order chi connectivity index (χ1) is 27.4. The van der Waals surface area contributed by atoms with Gasteiger partial charge < -0.3 is 19.1 Å². The zero-order valence-electron chi connectivity index (χ0n) is 37.4. The van der Waals surface area contributed by atoms with Crippen LogP contribution in [0.3, 0.4) is 0 Å². The predicted molar refractivity (Wildman–Crippen MR) is 237 cm³/mol. The van der Waals surface area contributed by atoms with Gasteiger partial charge in [0.25, 0.3) is 0 Å². The van der Waals surface area contributed by atoms with Crippen LogP contribution in [0.5, 0.6) is 0 Å². The van der Waals surface area contributed by atoms with Crippen molar-refractivity contribution >= 4 is 17.9 Å². The summed E-state index contributed by atoms with van der Waals surface area (Å²) < 4.78 is 16.7. The molecule has 7 nitrogen and oxygen atoms in total. The third-order valence-corrected chi connectivity index (χ3v) is 10.6. The Balaban J connectivity index is 4.04. The summed E-state index contributed by atoms with van der Waals surface area (Å²) in [6.45, 7) is 6.17. The Morgan fingerprint density at radius 1 is 0.429 bits per heavy atom. The molecule has 0 saturated carbocycles. The molecule has 0 aliphatic rings. The van der Waals surface area contributed by atoms with E-state index in [0.29, 0.717) is 32.5 Å². The predicted octanol–water partition coefficient (Wildman–Crippen LogP) is 14.0. The van der Waals surface area contributed by atoms with Crippen molar-refractivity contribution in [2.75, 3.05) is 33.9 Å². The van der Waals surface area contributed by atoms with Crippen LogP contribution in [0, 0.1) is 0 Å². The number of carbonyl (C=O) groups excluding carboxylic acids is 3. The Morgan fingerprint density at radius 3 is 1.20 bits per heavy atom. The Kier molecular flexibility index (Phi) is 42.3. The molecule has 0 radical (unpaired) electrons. The topological polar surface area (TPSA) is 82.1 Å². The maximum atomic E-state index is 12.6. The molecule has 328 valence electrons. The molecule has 0 spiro atoms. The average molecular weight is 790 g/mol. The number of hydrogen-bond donors (Lipinski definition) is 0. The number of ether oxygens (including phenoxy) is 3. The molecule has 7 heteroatoms. The van der Waals surface area contributed by atoms with E-state index in [2.05, 4.69) is 30.9 Å². The second-order valence-electron chi connectivity index (χ2n) is 16.5. The number of hydrogen-bond acceptors (Lipinski definition) is 7. The van der Waals surface area contributed by atoms with Crippen LogP contribution in [-0.2, 0) is 28.6 Å². The molecule has 0 N–H and O–H groups in total. The lowest BCUT2D eigenvalue weighted by Gasteiger charge is -2.18. The van der Waals surface area contributed by atoms with Crippen LogP contribution >= 0.6 is 0 Å². The van der Waals surface area contributed by atoms with Gasteiger partial charge >= 0.3 is 17.9 Å². The van der Waals surface area contributed by atoms with Gasteiger partial charge in [-0.15, -0.1) is 0 Å². The smallest absolute Gasteiger partial charge is 0.306 e. The summed E-state index contributed by atoms with van der Waals surface area (Å²) in [6, 6.07) is 0. The van der Waals surface area contributed by atoms with Crippen LogP contribution in [0.1, 0.15) is 232 Å². The molecule has 0 aromatic carbocycles. The van der Waals surface area contributed by atoms with Crippen LogP contribution in [0.4, 0.5) is 0 Å². The standard InChI is InChI=1S/C49H91NO6/c1-5-7-9-11-13-15-17-19-21-29-35-44-54-47(51)40-33-27-23-25-31-38-46(56-49(53)42-37-43-50(3)4)39-32-26-24-28-34-41-48(52)55-45-36-30-22-20-18-16-14-12-10-8-6-2/h29-30,35-36,46H,5-28,31-34,37-45H2,1-4H3/b35-29-,36-30-. The van der Waals surface area contributed by atoms with E-state index < -0.39 is 0 Å². The Bertz CT molecular complexity index is 872. The van der Waals surface area contributed by atoms with Crippen LogP contribution in [0.15, 0.2) is 24.3 Å². The zero-order valence-corrected chi connectivity index (χ0v) is 37.4. The normalized spacial score (nSPS) is 11.8. The van der Waals surface area contributed by atoms with Crippen molar-refractivity contribution in [3.05, 3.63) is 24.3 Å². The van der Waals surface area contributed by atoms with E-state index >= 15 is 0 Å². The third kappa shape index (κ3) is 43.0. The fourth-order valence-corrected chi connectivity index (χ4v) is 6.98. The Hall–Kier alpha value is -2.15. The van der Waals surface area contributed by atoms with Gasteiger partial charge in [-0.1, -0.05) is 167 Å². The highest BCUT2D eigenvalue weighted by atomic mass is 16.5. The molecular formula is C49H91NO6. The lowest BCUT2D eigenvalue weighted by Crippen LogP contribution is -2.20. The molecular weight excluding hydrogens is 699 g/mol. The van der Waals surface area contributed by atoms with Gasteiger partial charge in [0.1, 0.15) is 19.3 Å². The molecule has 0 saturated heterocycles. The van der Waals surface area contributed by atoms with E-state index in [1.54, 1.807) is 0 Å². The maximum absolute atomic E-state index is 12.6. The van der Waals surface area contributed by atoms with Crippen LogP contribution in [-0.4, -0.2) is 62.8 Å². The number of esters is 3. The van der Waals surface area contributed by atoms with Crippen LogP contribution in [0.25, 0.3) is 0 Å². The van der Waals surface area contributed by atoms with E-state index in [0.717, 1.165) is 103 Å². The lowest BCUT2D eigenvalue weighted by molar-refractivity contribution is -0.150. The summed E-state index contributed by atoms with van der Waals surface area (Å²) in [5.74, 6) is -0.287. The first-order valence-corrected chi connectivity index (χ1v) is 23.8. The number of carbonyl (C=O) groups is 3. The number of unbranched alkanes of at least 4 members (excludes halogenated alkanes) is 24. The van der Waals surface area contributed by atoms with Crippen molar-refractivity contribution in [3.8, 4) is 0 Å². The van der Waals surface area contributed by atoms with Gasteiger partial charge in [-0.3, -0.25) is 14.4 Å². The van der Waals surface area contributed by atoms with Gasteiger partial charge in [0.15, 0.2) is 0 Å². The highest BCUT2D eigenvalue weighted by Crippen LogP contribution is 2.18. The quantitative estimate of drug-likeness (QED) is 0.0263. The minimum atomic E-state index is -0.102. The molecule has 0 atom stereocenters. The summed E-state index contributed by atoms with van der Waals surface area (Å²) in [6.07, 6.45) is 45.8. The van der Waals surface area contributed by atoms with Crippen LogP contribution in [0.2, 0.25) is 0 Å². The summed E-state index contributed by atoms with van der Waals surface area (Å²) in [4.78, 5) is 38.9. The van der Waals surface area contributed by atoms with Crippen molar-refractivity contribution in [1.82, 2.24) is 4.90 Å². The fraction of sp³-hybridized carbons (Fsp3) is 0.857. The Morgan fingerprint density at radius 2 is 0.786 bits per heavy atom. The first kappa shape index (κ1) is 53.9. The molecule has 0 bridgehead atoms. The molecule has 0 heterocycles. The Labute approximate surface area is 346 Å². The molecule has 0 aromatic heterocycles. The molecule has 56 heavy (non-hydrogen) atoms. The first-order valence-electron chi connectivity index (χ1n) is 23.8. The minimum absolute atomic E-state index is 0.0287. The van der Waals surface area contributed by atoms with Crippen LogP contribution < -0.4 is 0 Å². The third-order valence-electron chi connectivity index (χ3n) is 10.6. The molecule has 0 fully saturated rings. The minimum Gasteiger partial charge on any atom is -0.462 e. The van der Waals surface area contributed by atoms with Gasteiger partial charge in [0, 0.05) is 19.3 Å². The molecule has 0 amide bonds. The number of allylic oxidation sites excluding steroid dienone is 2. The average Bonchev–Trinajstić information content (AvgIpc) is 3.17. The van der Waals surface area contributed by atoms with Crippen molar-refractivity contribution in [2.45, 2.75) is 238 Å². The van der Waals surface area contributed by atoms with Gasteiger partial charge in [-0.2, -0.15) is 0 Å². The maximum Gasteiger partial charge on any atom is 0.306 e. The van der Waals surface area contributed by atoms with E-state index in [1.165, 1.54) is 103 Å². The van der Waals surface area contributed by atoms with Crippen molar-refractivity contribution in [2.24, 2.45) is 0 Å². The number of rotatable bonds is 43. The van der Waals surface area contributed by atoms with Crippen molar-refractivity contribution < 1.29 is 28.6 Å². The monoisotopic (exact) mass is 790 g/mol. The summed E-state index contributed by atoms with van der Waals surface area (Å²) in [5, 5.41) is 0. The lowest BCUT2D eigenvalue weighted by atomic mass is 10.0. The zero-order chi connectivity index (χ0) is 41.0. The highest BCUT2D eigenvalue weighted by molar-refractivity contribution is 5.70. The molecule has 0 unspecified atom stereocenters. The molecule has 0 aliphatic carbocycles. The van der Waals surface area contributed by atoms with Gasteiger partial charge in [0.2, 0.25) is 0 Å². The van der Waals surface area contributed by atoms with Gasteiger partial charge in [-0.25, -0.2) is 0 Å². The SMILES string of the molecule is CCCCCCCCCC/C=C\COC(=O)CCCCCCCC(CCCCCCCC(=O)OC/C=C\CCCCCCCCCC)OC(=O)CCCN(C)C. The van der Waals surface area contributed by atoms with Crippen molar-refractivity contribution in [3.63, 3.8) is 0 Å². The highest BCUT2D eigenvalue weighted by Gasteiger charge is 2.14. The molecule has 0 rings (SSSR count). The van der Waals surface area contributed by atoms with Gasteiger partial charge in [-0.05, 0) is 91.3 Å². The van der Waals surface area contributed by atoms with E-state index in [-0.39, 0.29) is 24.0 Å².